The quantitative estimate of drug-likeness (QED) is 0.243. The smallest absolute Gasteiger partial charge is 0.307 e. The molecule has 0 radical (unpaired) electrons. The topological polar surface area (TPSA) is 29.5 Å². The van der Waals surface area contributed by atoms with Gasteiger partial charge in [0.15, 0.2) is 6.86 Å². The zero-order valence-corrected chi connectivity index (χ0v) is 17.9. The first-order valence-corrected chi connectivity index (χ1v) is 11.9. The number of ether oxygens (including phenoxy) is 1. The molecule has 1 aromatic rings. The van der Waals surface area contributed by atoms with Crippen LogP contribution in [0.1, 0.15) is 6.92 Å². The molecule has 0 saturated heterocycles. The summed E-state index contributed by atoms with van der Waals surface area (Å²) in [6.07, 6.45) is -0.450. The molecule has 0 heterocycles. The van der Waals surface area contributed by atoms with E-state index in [2.05, 4.69) is 24.5 Å². The molecule has 1 rings (SSSR count). The molecule has 1 amide bonds. The highest BCUT2D eigenvalue weighted by molar-refractivity contribution is 6.92. The van der Waals surface area contributed by atoms with Crippen LogP contribution in [0.5, 0.6) is 0 Å². The van der Waals surface area contributed by atoms with Gasteiger partial charge in [-0.15, -0.1) is 19.7 Å². The number of carbonyl (C=O) groups excluding carboxylic acids is 1. The van der Waals surface area contributed by atoms with Gasteiger partial charge in [-0.2, -0.15) is 17.6 Å². The number of hydrogen-bond donors (Lipinski definition) is 0. The van der Waals surface area contributed by atoms with E-state index in [9.17, 15) is 26.7 Å². The maximum atomic E-state index is 14.5. The van der Waals surface area contributed by atoms with Gasteiger partial charge in [0.1, 0.15) is 0 Å². The summed E-state index contributed by atoms with van der Waals surface area (Å²) in [5, 5.41) is 0.828. The Hall–Kier alpha value is -2.26. The van der Waals surface area contributed by atoms with Crippen molar-refractivity contribution in [3.8, 4) is 0 Å². The van der Waals surface area contributed by atoms with Crippen LogP contribution in [0.15, 0.2) is 62.2 Å². The van der Waals surface area contributed by atoms with E-state index < -0.39 is 32.9 Å². The Labute approximate surface area is 174 Å². The van der Waals surface area contributed by atoms with Gasteiger partial charge in [0.05, 0.1) is 8.07 Å². The summed E-state index contributed by atoms with van der Waals surface area (Å²) < 4.78 is 70.1. The number of alkyl halides is 5. The number of rotatable bonds is 12. The Morgan fingerprint density at radius 1 is 1.10 bits per heavy atom. The number of likely N-dealkylation sites (N-methyl/N-ethyl adjacent to an activating group) is 1. The second-order valence-corrected chi connectivity index (χ2v) is 11.1. The van der Waals surface area contributed by atoms with Gasteiger partial charge >= 0.3 is 17.9 Å². The zero-order chi connectivity index (χ0) is 23.0. The number of hydrogen-bond acceptors (Lipinski definition) is 2. The molecule has 0 fully saturated rings. The van der Waals surface area contributed by atoms with E-state index in [1.165, 1.54) is 13.0 Å². The van der Waals surface area contributed by atoms with E-state index in [4.69, 9.17) is 0 Å². The molecule has 1 aromatic carbocycles. The fourth-order valence-electron chi connectivity index (χ4n) is 3.39. The van der Waals surface area contributed by atoms with Gasteiger partial charge in [-0.25, -0.2) is 4.39 Å². The molecule has 3 nitrogen and oxygen atoms in total. The summed E-state index contributed by atoms with van der Waals surface area (Å²) in [5.74, 6) is -6.82. The molecule has 166 valence electrons. The van der Waals surface area contributed by atoms with E-state index in [0.717, 1.165) is 5.19 Å². The monoisotopic (exact) mass is 447 g/mol. The van der Waals surface area contributed by atoms with E-state index in [0.29, 0.717) is 23.0 Å². The summed E-state index contributed by atoms with van der Waals surface area (Å²) in [6.45, 7) is 10.4. The molecular weight excluding hydrogens is 421 g/mol. The second-order valence-electron chi connectivity index (χ2n) is 6.70. The normalized spacial score (nSPS) is 13.9. The molecule has 0 bridgehead atoms. The molecule has 0 aliphatic carbocycles. The predicted molar refractivity (Wildman–Crippen MR) is 112 cm³/mol. The van der Waals surface area contributed by atoms with Crippen molar-refractivity contribution >= 4 is 24.9 Å². The molecular formula is C21H26F5NO2Si. The lowest BCUT2D eigenvalue weighted by atomic mass is 10.2. The van der Waals surface area contributed by atoms with E-state index >= 15 is 0 Å². The minimum atomic E-state index is -5.74. The number of allylic oxidation sites excluding steroid dienone is 3. The molecule has 0 saturated carbocycles. The standard InChI is InChI=1S/C21H26F5NO2Si/c1-5-12-30(13-6-2,14-7-3)18-11-9-10-17(15-18)27(8-4)19(28)20(23,29-16-22)21(24,25)26/h5-7,9-11,15H,1-3,8,12-14,16H2,4H3. The van der Waals surface area contributed by atoms with Crippen LogP contribution in [0.25, 0.3) is 0 Å². The summed E-state index contributed by atoms with van der Waals surface area (Å²) in [4.78, 5) is 13.1. The Morgan fingerprint density at radius 2 is 1.63 bits per heavy atom. The molecule has 0 aliphatic heterocycles. The van der Waals surface area contributed by atoms with Gasteiger partial charge in [-0.05, 0) is 37.2 Å². The third kappa shape index (κ3) is 5.26. The van der Waals surface area contributed by atoms with Crippen LogP contribution >= 0.6 is 0 Å². The van der Waals surface area contributed by atoms with Crippen LogP contribution in [0.4, 0.5) is 27.6 Å². The van der Waals surface area contributed by atoms with Gasteiger partial charge < -0.3 is 4.90 Å². The van der Waals surface area contributed by atoms with Crippen molar-refractivity contribution in [3.05, 3.63) is 62.2 Å². The van der Waals surface area contributed by atoms with Crippen molar-refractivity contribution in [1.29, 1.82) is 0 Å². The number of carbonyl (C=O) groups is 1. The van der Waals surface area contributed by atoms with Crippen LogP contribution in [-0.2, 0) is 9.53 Å². The van der Waals surface area contributed by atoms with E-state index in [-0.39, 0.29) is 12.2 Å². The van der Waals surface area contributed by atoms with Gasteiger partial charge in [0, 0.05) is 12.2 Å². The molecule has 0 N–H and O–H groups in total. The van der Waals surface area contributed by atoms with Gasteiger partial charge in [-0.1, -0.05) is 35.5 Å². The first-order chi connectivity index (χ1) is 14.1. The maximum Gasteiger partial charge on any atom is 0.458 e. The zero-order valence-electron chi connectivity index (χ0n) is 16.9. The molecule has 0 aliphatic rings. The third-order valence-corrected chi connectivity index (χ3v) is 9.58. The molecule has 1 atom stereocenters. The SMILES string of the molecule is C=CC[Si](CC=C)(CC=C)c1cccc(N(CC)C(=O)C(F)(OCF)C(F)(F)F)c1. The maximum absolute atomic E-state index is 14.5. The van der Waals surface area contributed by atoms with Crippen LogP contribution in [0.3, 0.4) is 0 Å². The van der Waals surface area contributed by atoms with Crippen LogP contribution in [-0.4, -0.2) is 39.4 Å². The number of anilines is 1. The van der Waals surface area contributed by atoms with Gasteiger partial charge in [0.2, 0.25) is 0 Å². The third-order valence-electron chi connectivity index (χ3n) is 4.83. The highest BCUT2D eigenvalue weighted by Crippen LogP contribution is 2.38. The van der Waals surface area contributed by atoms with Gasteiger partial charge in [-0.3, -0.25) is 9.53 Å². The van der Waals surface area contributed by atoms with Crippen LogP contribution in [0, 0.1) is 0 Å². The van der Waals surface area contributed by atoms with Crippen molar-refractivity contribution in [2.45, 2.75) is 37.1 Å². The summed E-state index contributed by atoms with van der Waals surface area (Å²) >= 11 is 0. The van der Waals surface area contributed by atoms with Crippen molar-refractivity contribution in [2.75, 3.05) is 18.3 Å². The second kappa shape index (κ2) is 10.7. The first-order valence-electron chi connectivity index (χ1n) is 9.27. The molecule has 0 aromatic heterocycles. The Balaban J connectivity index is 3.52. The fraction of sp³-hybridized carbons (Fsp3) is 0.381. The highest BCUT2D eigenvalue weighted by atomic mass is 28.3. The number of nitrogens with zero attached hydrogens (tertiary/aromatic N) is 1. The van der Waals surface area contributed by atoms with E-state index in [1.54, 1.807) is 30.4 Å². The van der Waals surface area contributed by atoms with E-state index in [1.807, 2.05) is 6.07 Å². The Kier molecular flexibility index (Phi) is 9.17. The minimum absolute atomic E-state index is 0.0581. The number of halogens is 5. The van der Waals surface area contributed by atoms with Crippen molar-refractivity contribution < 1.29 is 31.5 Å². The Bertz CT molecular complexity index is 741. The lowest BCUT2D eigenvalue weighted by molar-refractivity contribution is -0.321. The number of amides is 1. The largest absolute Gasteiger partial charge is 0.458 e. The van der Waals surface area contributed by atoms with Crippen LogP contribution in [0.2, 0.25) is 18.1 Å². The molecule has 9 heteroatoms. The summed E-state index contributed by atoms with van der Waals surface area (Å²) in [7, 11) is -2.29. The average Bonchev–Trinajstić information content (AvgIpc) is 2.68. The average molecular weight is 448 g/mol. The summed E-state index contributed by atoms with van der Waals surface area (Å²) in [6, 6.07) is 8.30. The highest BCUT2D eigenvalue weighted by Gasteiger charge is 2.65. The predicted octanol–water partition coefficient (Wildman–Crippen LogP) is 5.43. The lowest BCUT2D eigenvalue weighted by Gasteiger charge is -2.33. The molecule has 1 unspecified atom stereocenters. The van der Waals surface area contributed by atoms with Crippen molar-refractivity contribution in [2.24, 2.45) is 0 Å². The number of benzene rings is 1. The first kappa shape index (κ1) is 25.8. The summed E-state index contributed by atoms with van der Waals surface area (Å²) in [5.41, 5.74) is 0.0581. The lowest BCUT2D eigenvalue weighted by Crippen LogP contribution is -2.57. The van der Waals surface area contributed by atoms with Crippen LogP contribution < -0.4 is 10.1 Å². The van der Waals surface area contributed by atoms with Crippen molar-refractivity contribution in [1.82, 2.24) is 0 Å². The minimum Gasteiger partial charge on any atom is -0.307 e. The fourth-order valence-corrected chi connectivity index (χ4v) is 7.16. The Morgan fingerprint density at radius 3 is 2.03 bits per heavy atom. The van der Waals surface area contributed by atoms with Gasteiger partial charge in [0.25, 0.3) is 0 Å². The van der Waals surface area contributed by atoms with Crippen molar-refractivity contribution in [3.63, 3.8) is 0 Å². The molecule has 30 heavy (non-hydrogen) atoms. The molecule has 0 spiro atoms.